The van der Waals surface area contributed by atoms with E-state index in [0.717, 1.165) is 21.1 Å². The Morgan fingerprint density at radius 1 is 1.26 bits per heavy atom. The van der Waals surface area contributed by atoms with E-state index in [4.69, 9.17) is 0 Å². The van der Waals surface area contributed by atoms with Crippen molar-refractivity contribution in [1.29, 1.82) is 0 Å². The topological polar surface area (TPSA) is 79.3 Å². The maximum absolute atomic E-state index is 12.6. The number of nitrogens with one attached hydrogen (secondary N) is 1. The zero-order valence-corrected chi connectivity index (χ0v) is 14.3. The highest BCUT2D eigenvalue weighted by Gasteiger charge is 2.51. The third-order valence-electron chi connectivity index (χ3n) is 4.63. The number of nitrogens with zero attached hydrogens (tertiary/aromatic N) is 1. The summed E-state index contributed by atoms with van der Waals surface area (Å²) in [5, 5.41) is 12.8. The number of carbonyl (C=O) groups is 2. The number of aromatic nitrogens is 1. The number of fused-ring (bicyclic) bond motifs is 3. The number of carboxylic acids is 1. The Morgan fingerprint density at radius 3 is 2.74 bits per heavy atom. The predicted octanol–water partition coefficient (Wildman–Crippen LogP) is 3.52. The molecule has 0 saturated heterocycles. The van der Waals surface area contributed by atoms with Crippen LogP contribution in [0.2, 0.25) is 0 Å². The largest absolute Gasteiger partial charge is 0.481 e. The molecule has 0 unspecified atom stereocenters. The third-order valence-corrected chi connectivity index (χ3v) is 6.05. The Labute approximate surface area is 144 Å². The molecular weight excluding hydrogens is 380 g/mol. The number of carboxylic acid groups (broad SMARTS) is 1. The molecule has 1 fully saturated rings. The minimum atomic E-state index is -0.893. The summed E-state index contributed by atoms with van der Waals surface area (Å²) in [6, 6.07) is 5.73. The first kappa shape index (κ1) is 14.8. The van der Waals surface area contributed by atoms with Crippen LogP contribution in [-0.4, -0.2) is 22.0 Å². The van der Waals surface area contributed by atoms with Gasteiger partial charge in [0.15, 0.2) is 5.13 Å². The number of hydrogen-bond acceptors (Lipinski definition) is 4. The molecule has 2 N–H and O–H groups in total. The monoisotopic (exact) mass is 392 g/mol. The number of thiazole rings is 1. The number of benzene rings is 1. The summed E-state index contributed by atoms with van der Waals surface area (Å²) >= 11 is 4.80. The molecule has 5 nitrogen and oxygen atoms in total. The van der Waals surface area contributed by atoms with E-state index in [-0.39, 0.29) is 17.7 Å². The van der Waals surface area contributed by atoms with Crippen LogP contribution in [0.15, 0.2) is 34.8 Å². The first-order valence-electron chi connectivity index (χ1n) is 7.31. The van der Waals surface area contributed by atoms with Gasteiger partial charge in [0.1, 0.15) is 0 Å². The Morgan fingerprint density at radius 2 is 2.00 bits per heavy atom. The van der Waals surface area contributed by atoms with Crippen LogP contribution in [0, 0.1) is 23.7 Å². The van der Waals surface area contributed by atoms with Gasteiger partial charge in [-0.15, -0.1) is 0 Å². The van der Waals surface area contributed by atoms with Crippen molar-refractivity contribution in [2.24, 2.45) is 23.7 Å². The zero-order valence-electron chi connectivity index (χ0n) is 11.9. The molecule has 118 valence electrons. The molecule has 2 aliphatic rings. The molecule has 4 atom stereocenters. The molecule has 2 bridgehead atoms. The van der Waals surface area contributed by atoms with E-state index in [1.165, 1.54) is 11.3 Å². The average molecular weight is 393 g/mol. The second kappa shape index (κ2) is 5.42. The standard InChI is InChI=1S/C16H13BrN2O3S/c17-9-3-4-10-11(6-9)23-16(18-10)19-14(20)12-7-1-2-8(5-7)13(12)15(21)22/h1-4,6-8,12-13H,5H2,(H,21,22)(H,18,19,20)/t7-,8+,12-,13+/m0/s1. The average Bonchev–Trinajstić information content (AvgIpc) is 3.18. The second-order valence-corrected chi connectivity index (χ2v) is 7.90. The fourth-order valence-corrected chi connectivity index (χ4v) is 5.08. The number of aliphatic carboxylic acids is 1. The summed E-state index contributed by atoms with van der Waals surface area (Å²) in [6.07, 6.45) is 4.66. The number of carbonyl (C=O) groups excluding carboxylic acids is 1. The minimum Gasteiger partial charge on any atom is -0.481 e. The number of halogens is 1. The van der Waals surface area contributed by atoms with Gasteiger partial charge >= 0.3 is 5.97 Å². The maximum atomic E-state index is 12.6. The number of anilines is 1. The smallest absolute Gasteiger partial charge is 0.307 e. The summed E-state index contributed by atoms with van der Waals surface area (Å²) in [5.74, 6) is -2.29. The van der Waals surface area contributed by atoms with E-state index < -0.39 is 17.8 Å². The second-order valence-electron chi connectivity index (χ2n) is 5.96. The quantitative estimate of drug-likeness (QED) is 0.783. The number of hydrogen-bond donors (Lipinski definition) is 2. The minimum absolute atomic E-state index is 0.0182. The van der Waals surface area contributed by atoms with E-state index in [1.54, 1.807) is 0 Å². The number of rotatable bonds is 3. The SMILES string of the molecule is O=C(Nc1nc2ccc(Br)cc2s1)[C@@H]1[C@H](C(=O)O)[C@@H]2C=C[C@H]1C2. The van der Waals surface area contributed by atoms with E-state index in [2.05, 4.69) is 26.2 Å². The van der Waals surface area contributed by atoms with Gasteiger partial charge < -0.3 is 10.4 Å². The predicted molar refractivity (Wildman–Crippen MR) is 91.3 cm³/mol. The van der Waals surface area contributed by atoms with Gasteiger partial charge in [0.2, 0.25) is 5.91 Å². The molecule has 4 rings (SSSR count). The van der Waals surface area contributed by atoms with Crippen LogP contribution in [0.3, 0.4) is 0 Å². The van der Waals surface area contributed by atoms with Gasteiger partial charge in [0.05, 0.1) is 22.1 Å². The van der Waals surface area contributed by atoms with Crippen molar-refractivity contribution in [3.05, 3.63) is 34.8 Å². The fraction of sp³-hybridized carbons (Fsp3) is 0.312. The normalized spacial score (nSPS) is 28.4. The molecule has 1 aromatic heterocycles. The Bertz CT molecular complexity index is 847. The number of allylic oxidation sites excluding steroid dienone is 2. The molecule has 0 aliphatic heterocycles. The van der Waals surface area contributed by atoms with Gasteiger partial charge in [0, 0.05) is 4.47 Å². The molecule has 1 aromatic carbocycles. The molecule has 0 radical (unpaired) electrons. The van der Waals surface area contributed by atoms with Crippen molar-refractivity contribution in [2.75, 3.05) is 5.32 Å². The van der Waals surface area contributed by atoms with E-state index in [9.17, 15) is 14.7 Å². The first-order chi connectivity index (χ1) is 11.0. The van der Waals surface area contributed by atoms with Crippen LogP contribution in [0.1, 0.15) is 6.42 Å². The summed E-state index contributed by atoms with van der Waals surface area (Å²) in [7, 11) is 0. The van der Waals surface area contributed by atoms with Crippen molar-refractivity contribution in [3.63, 3.8) is 0 Å². The summed E-state index contributed by atoms with van der Waals surface area (Å²) in [6.45, 7) is 0. The van der Waals surface area contributed by atoms with Crippen molar-refractivity contribution < 1.29 is 14.7 Å². The summed E-state index contributed by atoms with van der Waals surface area (Å²) in [4.78, 5) is 28.5. The van der Waals surface area contributed by atoms with Gasteiger partial charge in [0.25, 0.3) is 0 Å². The molecule has 7 heteroatoms. The third kappa shape index (κ3) is 2.48. The molecular formula is C16H13BrN2O3S. The van der Waals surface area contributed by atoms with Crippen LogP contribution in [-0.2, 0) is 9.59 Å². The maximum Gasteiger partial charge on any atom is 0.307 e. The summed E-state index contributed by atoms with van der Waals surface area (Å²) < 4.78 is 1.92. The molecule has 0 spiro atoms. The fourth-order valence-electron chi connectivity index (χ4n) is 3.66. The molecule has 1 amide bonds. The molecule has 2 aliphatic carbocycles. The highest BCUT2D eigenvalue weighted by atomic mass is 79.9. The van der Waals surface area contributed by atoms with Crippen molar-refractivity contribution >= 4 is 54.5 Å². The van der Waals surface area contributed by atoms with Crippen molar-refractivity contribution in [2.45, 2.75) is 6.42 Å². The lowest BCUT2D eigenvalue weighted by Crippen LogP contribution is -2.36. The molecule has 23 heavy (non-hydrogen) atoms. The van der Waals surface area contributed by atoms with Gasteiger partial charge in [-0.1, -0.05) is 39.4 Å². The van der Waals surface area contributed by atoms with Crippen LogP contribution >= 0.6 is 27.3 Å². The van der Waals surface area contributed by atoms with Gasteiger partial charge in [-0.3, -0.25) is 9.59 Å². The van der Waals surface area contributed by atoms with Gasteiger partial charge in [-0.05, 0) is 36.5 Å². The Hall–Kier alpha value is -1.73. The van der Waals surface area contributed by atoms with E-state index >= 15 is 0 Å². The molecule has 2 aromatic rings. The Kier molecular flexibility index (Phi) is 3.50. The van der Waals surface area contributed by atoms with E-state index in [1.807, 2.05) is 30.4 Å². The van der Waals surface area contributed by atoms with Crippen molar-refractivity contribution in [3.8, 4) is 0 Å². The van der Waals surface area contributed by atoms with Crippen molar-refractivity contribution in [1.82, 2.24) is 4.98 Å². The highest BCUT2D eigenvalue weighted by molar-refractivity contribution is 9.10. The van der Waals surface area contributed by atoms with Crippen LogP contribution in [0.5, 0.6) is 0 Å². The lowest BCUT2D eigenvalue weighted by molar-refractivity contribution is -0.146. The van der Waals surface area contributed by atoms with Gasteiger partial charge in [-0.25, -0.2) is 4.98 Å². The highest BCUT2D eigenvalue weighted by Crippen LogP contribution is 2.48. The number of amides is 1. The summed E-state index contributed by atoms with van der Waals surface area (Å²) in [5.41, 5.74) is 0.816. The first-order valence-corrected chi connectivity index (χ1v) is 8.92. The zero-order chi connectivity index (χ0) is 16.1. The Balaban J connectivity index is 1.59. The van der Waals surface area contributed by atoms with Crippen LogP contribution in [0.25, 0.3) is 10.2 Å². The lowest BCUT2D eigenvalue weighted by Gasteiger charge is -2.23. The lowest BCUT2D eigenvalue weighted by atomic mass is 9.82. The van der Waals surface area contributed by atoms with Crippen LogP contribution < -0.4 is 5.32 Å². The molecule has 1 heterocycles. The van der Waals surface area contributed by atoms with E-state index in [0.29, 0.717) is 5.13 Å². The van der Waals surface area contributed by atoms with Gasteiger partial charge in [-0.2, -0.15) is 0 Å². The van der Waals surface area contributed by atoms with Crippen LogP contribution in [0.4, 0.5) is 5.13 Å². The molecule has 1 saturated carbocycles.